The van der Waals surface area contributed by atoms with Crippen LogP contribution in [0.4, 0.5) is 5.69 Å². The fourth-order valence-corrected chi connectivity index (χ4v) is 1.95. The van der Waals surface area contributed by atoms with Crippen molar-refractivity contribution in [3.8, 4) is 0 Å². The molecule has 0 bridgehead atoms. The van der Waals surface area contributed by atoms with Gasteiger partial charge in [0.15, 0.2) is 0 Å². The van der Waals surface area contributed by atoms with Gasteiger partial charge in [0.2, 0.25) is 5.91 Å². The van der Waals surface area contributed by atoms with Gasteiger partial charge in [0, 0.05) is 38.2 Å². The third-order valence-corrected chi connectivity index (χ3v) is 3.07. The van der Waals surface area contributed by atoms with Crippen LogP contribution in [-0.4, -0.2) is 30.3 Å². The Bertz CT molecular complexity index is 603. The van der Waals surface area contributed by atoms with Crippen LogP contribution in [0.15, 0.2) is 47.1 Å². The summed E-state index contributed by atoms with van der Waals surface area (Å²) < 4.78 is 5.24. The highest BCUT2D eigenvalue weighted by Gasteiger charge is 2.12. The molecule has 5 heteroatoms. The zero-order valence-electron chi connectivity index (χ0n) is 12.1. The Kier molecular flexibility index (Phi) is 4.77. The van der Waals surface area contributed by atoms with Crippen molar-refractivity contribution in [3.05, 3.63) is 54.0 Å². The smallest absolute Gasteiger partial charge is 0.253 e. The minimum atomic E-state index is -0.135. The lowest BCUT2D eigenvalue weighted by Gasteiger charge is -2.16. The second kappa shape index (κ2) is 6.74. The summed E-state index contributed by atoms with van der Waals surface area (Å²) in [5, 5.41) is 2.67. The molecule has 5 nitrogen and oxygen atoms in total. The molecule has 0 unspecified atom stereocenters. The van der Waals surface area contributed by atoms with E-state index in [1.165, 1.54) is 6.92 Å². The van der Waals surface area contributed by atoms with Crippen molar-refractivity contribution >= 4 is 17.5 Å². The number of likely N-dealkylation sites (N-methyl/N-ethyl adjacent to an activating group) is 1. The van der Waals surface area contributed by atoms with E-state index < -0.39 is 0 Å². The molecule has 0 saturated carbocycles. The molecule has 0 saturated heterocycles. The zero-order chi connectivity index (χ0) is 15.2. The molecule has 2 rings (SSSR count). The summed E-state index contributed by atoms with van der Waals surface area (Å²) in [5.74, 6) is 0.663. The molecule has 2 amide bonds. The molecule has 1 heterocycles. The topological polar surface area (TPSA) is 62.6 Å². The van der Waals surface area contributed by atoms with E-state index in [2.05, 4.69) is 5.32 Å². The number of furan rings is 1. The van der Waals surface area contributed by atoms with E-state index in [1.54, 1.807) is 42.5 Å². The van der Waals surface area contributed by atoms with Crippen LogP contribution in [0.25, 0.3) is 0 Å². The maximum atomic E-state index is 12.2. The molecular formula is C16H18N2O3. The Morgan fingerprint density at radius 1 is 1.19 bits per heavy atom. The van der Waals surface area contributed by atoms with Gasteiger partial charge in [-0.2, -0.15) is 0 Å². The van der Waals surface area contributed by atoms with Crippen molar-refractivity contribution in [2.45, 2.75) is 13.3 Å². The van der Waals surface area contributed by atoms with Crippen LogP contribution in [0.5, 0.6) is 0 Å². The maximum Gasteiger partial charge on any atom is 0.253 e. The van der Waals surface area contributed by atoms with Gasteiger partial charge in [0.1, 0.15) is 5.76 Å². The van der Waals surface area contributed by atoms with Gasteiger partial charge in [-0.25, -0.2) is 0 Å². The second-order valence-corrected chi connectivity index (χ2v) is 4.81. The molecular weight excluding hydrogens is 268 g/mol. The number of benzene rings is 1. The Morgan fingerprint density at radius 3 is 2.48 bits per heavy atom. The van der Waals surface area contributed by atoms with Gasteiger partial charge in [0.25, 0.3) is 5.91 Å². The SMILES string of the molecule is CC(=O)Nc1ccc(C(=O)N(C)CCc2ccco2)cc1. The van der Waals surface area contributed by atoms with E-state index in [-0.39, 0.29) is 11.8 Å². The van der Waals surface area contributed by atoms with Crippen LogP contribution in [0.2, 0.25) is 0 Å². The van der Waals surface area contributed by atoms with Gasteiger partial charge in [-0.05, 0) is 36.4 Å². The number of anilines is 1. The predicted octanol–water partition coefficient (Wildman–Crippen LogP) is 2.55. The minimum absolute atomic E-state index is 0.0593. The molecule has 1 aromatic heterocycles. The van der Waals surface area contributed by atoms with Gasteiger partial charge in [-0.3, -0.25) is 9.59 Å². The molecule has 0 aliphatic heterocycles. The van der Waals surface area contributed by atoms with Crippen molar-refractivity contribution in [3.63, 3.8) is 0 Å². The van der Waals surface area contributed by atoms with E-state index >= 15 is 0 Å². The summed E-state index contributed by atoms with van der Waals surface area (Å²) in [4.78, 5) is 24.8. The van der Waals surface area contributed by atoms with Crippen molar-refractivity contribution in [2.75, 3.05) is 18.9 Å². The first-order valence-corrected chi connectivity index (χ1v) is 6.72. The van der Waals surface area contributed by atoms with Crippen LogP contribution < -0.4 is 5.32 Å². The molecule has 1 N–H and O–H groups in total. The van der Waals surface area contributed by atoms with E-state index in [0.29, 0.717) is 24.2 Å². The summed E-state index contributed by atoms with van der Waals surface area (Å²) >= 11 is 0. The summed E-state index contributed by atoms with van der Waals surface area (Å²) in [7, 11) is 1.76. The summed E-state index contributed by atoms with van der Waals surface area (Å²) in [6.45, 7) is 2.03. The molecule has 1 aromatic carbocycles. The van der Waals surface area contributed by atoms with Gasteiger partial charge < -0.3 is 14.6 Å². The number of carbonyl (C=O) groups is 2. The number of hydrogen-bond acceptors (Lipinski definition) is 3. The minimum Gasteiger partial charge on any atom is -0.469 e. The molecule has 0 radical (unpaired) electrons. The molecule has 2 aromatic rings. The standard InChI is InChI=1S/C16H18N2O3/c1-12(19)17-14-7-5-13(6-8-14)16(20)18(2)10-9-15-4-3-11-21-15/h3-8,11H,9-10H2,1-2H3,(H,17,19). The fourth-order valence-electron chi connectivity index (χ4n) is 1.95. The van der Waals surface area contributed by atoms with Crippen molar-refractivity contribution in [2.24, 2.45) is 0 Å². The van der Waals surface area contributed by atoms with E-state index in [0.717, 1.165) is 5.76 Å². The van der Waals surface area contributed by atoms with Gasteiger partial charge >= 0.3 is 0 Å². The van der Waals surface area contributed by atoms with Crippen LogP contribution in [-0.2, 0) is 11.2 Å². The molecule has 0 atom stereocenters. The lowest BCUT2D eigenvalue weighted by molar-refractivity contribution is -0.114. The van der Waals surface area contributed by atoms with Gasteiger partial charge in [-0.15, -0.1) is 0 Å². The Morgan fingerprint density at radius 2 is 1.90 bits per heavy atom. The van der Waals surface area contributed by atoms with Crippen LogP contribution >= 0.6 is 0 Å². The Balaban J connectivity index is 1.93. The lowest BCUT2D eigenvalue weighted by Crippen LogP contribution is -2.28. The third-order valence-electron chi connectivity index (χ3n) is 3.07. The summed E-state index contributed by atoms with van der Waals surface area (Å²) in [6, 6.07) is 10.6. The highest BCUT2D eigenvalue weighted by Crippen LogP contribution is 2.11. The maximum absolute atomic E-state index is 12.2. The normalized spacial score (nSPS) is 10.2. The molecule has 0 aliphatic rings. The lowest BCUT2D eigenvalue weighted by atomic mass is 10.1. The van der Waals surface area contributed by atoms with Crippen LogP contribution in [0.3, 0.4) is 0 Å². The number of nitrogens with one attached hydrogen (secondary N) is 1. The second-order valence-electron chi connectivity index (χ2n) is 4.81. The van der Waals surface area contributed by atoms with E-state index in [4.69, 9.17) is 4.42 Å². The first-order valence-electron chi connectivity index (χ1n) is 6.72. The van der Waals surface area contributed by atoms with E-state index in [1.807, 2.05) is 12.1 Å². The first-order chi connectivity index (χ1) is 10.1. The number of hydrogen-bond donors (Lipinski definition) is 1. The third kappa shape index (κ3) is 4.21. The highest BCUT2D eigenvalue weighted by atomic mass is 16.3. The van der Waals surface area contributed by atoms with Crippen molar-refractivity contribution in [1.29, 1.82) is 0 Å². The molecule has 0 fully saturated rings. The Labute approximate surface area is 123 Å². The summed E-state index contributed by atoms with van der Waals surface area (Å²) in [6.07, 6.45) is 2.30. The number of amides is 2. The predicted molar refractivity (Wildman–Crippen MR) is 80.1 cm³/mol. The molecule has 0 spiro atoms. The average Bonchev–Trinajstić information content (AvgIpc) is 2.97. The molecule has 110 valence electrons. The van der Waals surface area contributed by atoms with Crippen LogP contribution in [0, 0.1) is 0 Å². The van der Waals surface area contributed by atoms with Crippen LogP contribution in [0.1, 0.15) is 23.0 Å². The fraction of sp³-hybridized carbons (Fsp3) is 0.250. The number of rotatable bonds is 5. The monoisotopic (exact) mass is 286 g/mol. The van der Waals surface area contributed by atoms with Crippen molar-refractivity contribution < 1.29 is 14.0 Å². The number of carbonyl (C=O) groups excluding carboxylic acids is 2. The highest BCUT2D eigenvalue weighted by molar-refractivity contribution is 5.95. The quantitative estimate of drug-likeness (QED) is 0.918. The van der Waals surface area contributed by atoms with E-state index in [9.17, 15) is 9.59 Å². The molecule has 21 heavy (non-hydrogen) atoms. The van der Waals surface area contributed by atoms with Gasteiger partial charge in [-0.1, -0.05) is 0 Å². The Hall–Kier alpha value is -2.56. The summed E-state index contributed by atoms with van der Waals surface area (Å²) in [5.41, 5.74) is 1.27. The zero-order valence-corrected chi connectivity index (χ0v) is 12.1. The largest absolute Gasteiger partial charge is 0.469 e. The van der Waals surface area contributed by atoms with Crippen molar-refractivity contribution in [1.82, 2.24) is 4.90 Å². The van der Waals surface area contributed by atoms with Gasteiger partial charge in [0.05, 0.1) is 6.26 Å². The first kappa shape index (κ1) is 14.8. The number of nitrogens with zero attached hydrogens (tertiary/aromatic N) is 1. The average molecular weight is 286 g/mol. The molecule has 0 aliphatic carbocycles.